The summed E-state index contributed by atoms with van der Waals surface area (Å²) in [5, 5.41) is 2.27. The highest BCUT2D eigenvalue weighted by Gasteiger charge is 2.20. The zero-order chi connectivity index (χ0) is 14.2. The summed E-state index contributed by atoms with van der Waals surface area (Å²) in [5.41, 5.74) is 8.73. The molecule has 0 aliphatic rings. The maximum atomic E-state index is 6.33. The number of fused-ring (bicyclic) bond motifs is 1. The lowest BCUT2D eigenvalue weighted by molar-refractivity contribution is 0.378. The summed E-state index contributed by atoms with van der Waals surface area (Å²) in [7, 11) is 0. The van der Waals surface area contributed by atoms with E-state index in [1.807, 2.05) is 13.0 Å². The third-order valence-electron chi connectivity index (χ3n) is 3.29. The zero-order valence-corrected chi connectivity index (χ0v) is 12.9. The summed E-state index contributed by atoms with van der Waals surface area (Å²) in [6.45, 7) is 6.88. The summed E-state index contributed by atoms with van der Waals surface area (Å²) < 4.78 is 0. The van der Waals surface area contributed by atoms with Gasteiger partial charge in [0.15, 0.2) is 0 Å². The van der Waals surface area contributed by atoms with Crippen molar-refractivity contribution in [3.05, 3.63) is 39.5 Å². The van der Waals surface area contributed by atoms with Gasteiger partial charge in [-0.25, -0.2) is 0 Å². The number of aromatic nitrogens is 1. The van der Waals surface area contributed by atoms with Crippen molar-refractivity contribution in [3.63, 3.8) is 0 Å². The van der Waals surface area contributed by atoms with E-state index in [0.717, 1.165) is 28.6 Å². The quantitative estimate of drug-likeness (QED) is 0.913. The molecule has 2 nitrogen and oxygen atoms in total. The Bertz CT molecular complexity index is 621. The van der Waals surface area contributed by atoms with Crippen molar-refractivity contribution in [1.29, 1.82) is 0 Å². The highest BCUT2D eigenvalue weighted by molar-refractivity contribution is 6.40. The molecule has 0 amide bonds. The number of hydrogen-bond donors (Lipinski definition) is 1. The van der Waals surface area contributed by atoms with Gasteiger partial charge in [-0.2, -0.15) is 0 Å². The zero-order valence-electron chi connectivity index (χ0n) is 11.4. The van der Waals surface area contributed by atoms with Gasteiger partial charge >= 0.3 is 0 Å². The molecule has 0 bridgehead atoms. The van der Waals surface area contributed by atoms with E-state index in [0.29, 0.717) is 16.6 Å². The van der Waals surface area contributed by atoms with Crippen molar-refractivity contribution < 1.29 is 0 Å². The molecule has 2 N–H and O–H groups in total. The largest absolute Gasteiger partial charge is 0.330 e. The van der Waals surface area contributed by atoms with E-state index < -0.39 is 0 Å². The average Bonchev–Trinajstić information content (AvgIpc) is 2.33. The number of hydrogen-bond acceptors (Lipinski definition) is 2. The van der Waals surface area contributed by atoms with Crippen molar-refractivity contribution in [2.75, 3.05) is 6.54 Å². The monoisotopic (exact) mass is 296 g/mol. The number of halogens is 2. The normalized spacial score (nSPS) is 12.1. The summed E-state index contributed by atoms with van der Waals surface area (Å²) in [6, 6.07) is 5.68. The van der Waals surface area contributed by atoms with Gasteiger partial charge in [0.2, 0.25) is 0 Å². The summed E-state index contributed by atoms with van der Waals surface area (Å²) in [4.78, 5) is 4.50. The van der Waals surface area contributed by atoms with Crippen LogP contribution in [0, 0.1) is 12.3 Å². The predicted octanol–water partition coefficient (Wildman–Crippen LogP) is 4.38. The molecule has 0 unspecified atom stereocenters. The SMILES string of the molecule is Cc1cc(CC(C)(C)CN)c2c(Cl)ccc(Cl)c2n1. The molecule has 0 aliphatic carbocycles. The molecule has 2 aromatic rings. The lowest BCUT2D eigenvalue weighted by atomic mass is 9.84. The molecule has 0 spiro atoms. The Hall–Kier alpha value is -0.830. The van der Waals surface area contributed by atoms with E-state index in [4.69, 9.17) is 28.9 Å². The molecule has 102 valence electrons. The van der Waals surface area contributed by atoms with Gasteiger partial charge in [-0.1, -0.05) is 37.0 Å². The Morgan fingerprint density at radius 3 is 2.47 bits per heavy atom. The van der Waals surface area contributed by atoms with E-state index in [9.17, 15) is 0 Å². The number of rotatable bonds is 3. The van der Waals surface area contributed by atoms with Crippen molar-refractivity contribution >= 4 is 34.1 Å². The molecule has 1 aromatic carbocycles. The maximum Gasteiger partial charge on any atom is 0.0909 e. The first kappa shape index (κ1) is 14.6. The second-order valence-electron chi connectivity index (χ2n) is 5.72. The van der Waals surface area contributed by atoms with Crippen molar-refractivity contribution in [2.45, 2.75) is 27.2 Å². The maximum absolute atomic E-state index is 6.33. The van der Waals surface area contributed by atoms with E-state index in [2.05, 4.69) is 24.9 Å². The second kappa shape index (κ2) is 5.28. The molecule has 1 heterocycles. The van der Waals surface area contributed by atoms with Crippen LogP contribution in [-0.4, -0.2) is 11.5 Å². The van der Waals surface area contributed by atoms with Gasteiger partial charge in [-0.15, -0.1) is 0 Å². The smallest absolute Gasteiger partial charge is 0.0909 e. The van der Waals surface area contributed by atoms with Gasteiger partial charge in [0, 0.05) is 11.1 Å². The van der Waals surface area contributed by atoms with Crippen LogP contribution in [0.2, 0.25) is 10.0 Å². The fourth-order valence-corrected chi connectivity index (χ4v) is 2.69. The number of nitrogens with zero attached hydrogens (tertiary/aromatic N) is 1. The van der Waals surface area contributed by atoms with Gasteiger partial charge in [-0.05, 0) is 49.1 Å². The van der Waals surface area contributed by atoms with Crippen LogP contribution in [-0.2, 0) is 6.42 Å². The molecule has 0 saturated carbocycles. The molecule has 0 saturated heterocycles. The first-order chi connectivity index (χ1) is 8.84. The number of benzene rings is 1. The Kier molecular flexibility index (Phi) is 4.05. The lowest BCUT2D eigenvalue weighted by Gasteiger charge is -2.23. The van der Waals surface area contributed by atoms with E-state index in [-0.39, 0.29) is 5.41 Å². The van der Waals surface area contributed by atoms with Crippen LogP contribution in [0.5, 0.6) is 0 Å². The molecule has 2 rings (SSSR count). The predicted molar refractivity (Wildman–Crippen MR) is 83.0 cm³/mol. The van der Waals surface area contributed by atoms with E-state index in [1.165, 1.54) is 0 Å². The minimum absolute atomic E-state index is 0.0202. The van der Waals surface area contributed by atoms with Crippen LogP contribution in [0.3, 0.4) is 0 Å². The Balaban J connectivity index is 2.70. The molecular weight excluding hydrogens is 279 g/mol. The van der Waals surface area contributed by atoms with Crippen LogP contribution in [0.4, 0.5) is 0 Å². The van der Waals surface area contributed by atoms with Crippen molar-refractivity contribution in [3.8, 4) is 0 Å². The molecule has 0 aliphatic heterocycles. The van der Waals surface area contributed by atoms with Crippen molar-refractivity contribution in [1.82, 2.24) is 4.98 Å². The lowest BCUT2D eigenvalue weighted by Crippen LogP contribution is -2.26. The number of aryl methyl sites for hydroxylation is 1. The topological polar surface area (TPSA) is 38.9 Å². The standard InChI is InChI=1S/C15H18Cl2N2/c1-9-6-10(7-15(2,3)8-18)13-11(16)4-5-12(17)14(13)19-9/h4-6H,7-8,18H2,1-3H3. The molecule has 0 fully saturated rings. The van der Waals surface area contributed by atoms with Gasteiger partial charge in [0.25, 0.3) is 0 Å². The van der Waals surface area contributed by atoms with E-state index in [1.54, 1.807) is 6.07 Å². The number of pyridine rings is 1. The minimum atomic E-state index is 0.0202. The van der Waals surface area contributed by atoms with Gasteiger partial charge in [-0.3, -0.25) is 4.98 Å². The fraction of sp³-hybridized carbons (Fsp3) is 0.400. The van der Waals surface area contributed by atoms with Gasteiger partial charge < -0.3 is 5.73 Å². The Morgan fingerprint density at radius 2 is 1.84 bits per heavy atom. The fourth-order valence-electron chi connectivity index (χ4n) is 2.22. The van der Waals surface area contributed by atoms with Crippen LogP contribution < -0.4 is 5.73 Å². The molecule has 19 heavy (non-hydrogen) atoms. The molecule has 0 radical (unpaired) electrons. The summed E-state index contributed by atoms with van der Waals surface area (Å²) >= 11 is 12.6. The highest BCUT2D eigenvalue weighted by Crippen LogP contribution is 2.34. The Morgan fingerprint density at radius 1 is 1.21 bits per heavy atom. The Labute approximate surface area is 123 Å². The molecular formula is C15H18Cl2N2. The van der Waals surface area contributed by atoms with Gasteiger partial charge in [0.05, 0.1) is 15.6 Å². The van der Waals surface area contributed by atoms with Crippen molar-refractivity contribution in [2.24, 2.45) is 11.1 Å². The van der Waals surface area contributed by atoms with Crippen LogP contribution >= 0.6 is 23.2 Å². The van der Waals surface area contributed by atoms with E-state index >= 15 is 0 Å². The molecule has 0 atom stereocenters. The van der Waals surface area contributed by atoms with Gasteiger partial charge in [0.1, 0.15) is 0 Å². The first-order valence-electron chi connectivity index (χ1n) is 6.28. The second-order valence-corrected chi connectivity index (χ2v) is 6.54. The third kappa shape index (κ3) is 3.02. The number of nitrogens with two attached hydrogens (primary N) is 1. The average molecular weight is 297 g/mol. The third-order valence-corrected chi connectivity index (χ3v) is 3.91. The van der Waals surface area contributed by atoms with Crippen LogP contribution in [0.1, 0.15) is 25.1 Å². The minimum Gasteiger partial charge on any atom is -0.330 e. The van der Waals surface area contributed by atoms with Crippen LogP contribution in [0.15, 0.2) is 18.2 Å². The van der Waals surface area contributed by atoms with Crippen LogP contribution in [0.25, 0.3) is 10.9 Å². The summed E-state index contributed by atoms with van der Waals surface area (Å²) in [5.74, 6) is 0. The molecule has 4 heteroatoms. The highest BCUT2D eigenvalue weighted by atomic mass is 35.5. The molecule has 1 aromatic heterocycles. The summed E-state index contributed by atoms with van der Waals surface area (Å²) in [6.07, 6.45) is 0.851. The first-order valence-corrected chi connectivity index (χ1v) is 7.04.